The van der Waals surface area contributed by atoms with Gasteiger partial charge in [-0.3, -0.25) is 0 Å². The van der Waals surface area contributed by atoms with Gasteiger partial charge < -0.3 is 4.74 Å². The molecule has 0 radical (unpaired) electrons. The minimum atomic E-state index is 0.0191. The summed E-state index contributed by atoms with van der Waals surface area (Å²) in [6.07, 6.45) is 8.35. The van der Waals surface area contributed by atoms with E-state index in [9.17, 15) is 0 Å². The first-order chi connectivity index (χ1) is 7.20. The maximum absolute atomic E-state index is 5.72. The van der Waals surface area contributed by atoms with Gasteiger partial charge in [0.25, 0.3) is 0 Å². The molecule has 0 amide bonds. The van der Waals surface area contributed by atoms with Crippen molar-refractivity contribution in [2.45, 2.75) is 19.3 Å². The molecular formula is C14H16O. The van der Waals surface area contributed by atoms with Gasteiger partial charge in [-0.05, 0) is 12.1 Å². The topological polar surface area (TPSA) is 9.23 Å². The van der Waals surface area contributed by atoms with Gasteiger partial charge in [0.05, 0.1) is 0 Å². The molecule has 1 heterocycles. The van der Waals surface area contributed by atoms with Crippen LogP contribution >= 0.6 is 0 Å². The van der Waals surface area contributed by atoms with Crippen LogP contribution in [0, 0.1) is 0 Å². The van der Waals surface area contributed by atoms with Gasteiger partial charge in [0, 0.05) is 11.0 Å². The molecule has 1 aromatic carbocycles. The van der Waals surface area contributed by atoms with Crippen LogP contribution in [0.25, 0.3) is 0 Å². The quantitative estimate of drug-likeness (QED) is 0.623. The van der Waals surface area contributed by atoms with Crippen LogP contribution in [0.2, 0.25) is 0 Å². The van der Waals surface area contributed by atoms with E-state index in [-0.39, 0.29) is 5.41 Å². The first-order valence-corrected chi connectivity index (χ1v) is 5.27. The number of para-hydroxylation sites is 1. The van der Waals surface area contributed by atoms with Gasteiger partial charge >= 0.3 is 0 Å². The molecule has 0 spiro atoms. The zero-order chi connectivity index (χ0) is 10.7. The van der Waals surface area contributed by atoms with Crippen molar-refractivity contribution >= 4 is 0 Å². The molecule has 15 heavy (non-hydrogen) atoms. The van der Waals surface area contributed by atoms with E-state index >= 15 is 0 Å². The molecule has 1 heteroatoms. The molecule has 0 aromatic heterocycles. The Labute approximate surface area is 91.1 Å². The highest BCUT2D eigenvalue weighted by Gasteiger charge is 2.21. The van der Waals surface area contributed by atoms with E-state index in [1.807, 2.05) is 24.3 Å². The van der Waals surface area contributed by atoms with E-state index in [2.05, 4.69) is 38.1 Å². The third-order valence-electron chi connectivity index (χ3n) is 2.68. The highest BCUT2D eigenvalue weighted by molar-refractivity contribution is 5.42. The van der Waals surface area contributed by atoms with Gasteiger partial charge in [-0.25, -0.2) is 0 Å². The molecule has 0 fully saturated rings. The summed E-state index contributed by atoms with van der Waals surface area (Å²) in [5, 5.41) is 0. The molecule has 0 saturated carbocycles. The molecule has 0 saturated heterocycles. The second-order valence-electron chi connectivity index (χ2n) is 4.32. The molecule has 0 unspecified atom stereocenters. The fourth-order valence-corrected chi connectivity index (χ4v) is 1.78. The van der Waals surface area contributed by atoms with E-state index in [1.165, 1.54) is 5.56 Å². The van der Waals surface area contributed by atoms with Gasteiger partial charge in [-0.2, -0.15) is 0 Å². The summed E-state index contributed by atoms with van der Waals surface area (Å²) in [5.74, 6) is 0.985. The maximum atomic E-state index is 5.72. The normalized spacial score (nSPS) is 22.5. The standard InChI is InChI=1S/C14H16O/c1-14(2)10-6-3-7-11-15-13-9-5-4-8-12(13)14/h3-10H,11H2,1-2H3/b7-3-,10-6-. The van der Waals surface area contributed by atoms with Crippen molar-refractivity contribution in [1.82, 2.24) is 0 Å². The van der Waals surface area contributed by atoms with E-state index < -0.39 is 0 Å². The lowest BCUT2D eigenvalue weighted by Gasteiger charge is -2.23. The molecule has 0 atom stereocenters. The molecule has 2 rings (SSSR count). The van der Waals surface area contributed by atoms with Crippen molar-refractivity contribution in [2.24, 2.45) is 0 Å². The van der Waals surface area contributed by atoms with Gasteiger partial charge in [0.2, 0.25) is 0 Å². The Morgan fingerprint density at radius 3 is 2.80 bits per heavy atom. The van der Waals surface area contributed by atoms with E-state index in [0.29, 0.717) is 6.61 Å². The number of fused-ring (bicyclic) bond motifs is 1. The monoisotopic (exact) mass is 200 g/mol. The van der Waals surface area contributed by atoms with Crippen LogP contribution in [0.3, 0.4) is 0 Å². The fourth-order valence-electron chi connectivity index (χ4n) is 1.78. The third kappa shape index (κ3) is 2.12. The highest BCUT2D eigenvalue weighted by Crippen LogP contribution is 2.33. The third-order valence-corrected chi connectivity index (χ3v) is 2.68. The molecular weight excluding hydrogens is 184 g/mol. The number of hydrogen-bond acceptors (Lipinski definition) is 1. The maximum Gasteiger partial charge on any atom is 0.123 e. The number of ether oxygens (including phenoxy) is 1. The molecule has 0 N–H and O–H groups in total. The molecule has 1 nitrogen and oxygen atoms in total. The van der Waals surface area contributed by atoms with Crippen molar-refractivity contribution in [2.75, 3.05) is 6.61 Å². The van der Waals surface area contributed by atoms with Crippen molar-refractivity contribution in [3.05, 3.63) is 54.1 Å². The van der Waals surface area contributed by atoms with Crippen LogP contribution in [0.5, 0.6) is 5.75 Å². The predicted molar refractivity (Wildman–Crippen MR) is 63.2 cm³/mol. The largest absolute Gasteiger partial charge is 0.489 e. The first kappa shape index (κ1) is 10.0. The Balaban J connectivity index is 2.51. The van der Waals surface area contributed by atoms with E-state index in [4.69, 9.17) is 4.74 Å². The summed E-state index contributed by atoms with van der Waals surface area (Å²) in [6, 6.07) is 8.23. The van der Waals surface area contributed by atoms with Crippen molar-refractivity contribution in [1.29, 1.82) is 0 Å². The van der Waals surface area contributed by atoms with Crippen LogP contribution in [-0.2, 0) is 5.41 Å². The Kier molecular flexibility index (Phi) is 2.63. The lowest BCUT2D eigenvalue weighted by atomic mass is 9.83. The molecule has 0 aliphatic carbocycles. The number of benzene rings is 1. The minimum absolute atomic E-state index is 0.0191. The van der Waals surface area contributed by atoms with Crippen LogP contribution < -0.4 is 4.74 Å². The Morgan fingerprint density at radius 2 is 1.93 bits per heavy atom. The zero-order valence-electron chi connectivity index (χ0n) is 9.23. The second-order valence-corrected chi connectivity index (χ2v) is 4.32. The summed E-state index contributed by atoms with van der Waals surface area (Å²) >= 11 is 0. The average molecular weight is 200 g/mol. The SMILES string of the molecule is CC1(C)/C=C\C=C/COc2ccccc21. The summed E-state index contributed by atoms with van der Waals surface area (Å²) in [7, 11) is 0. The molecule has 0 bridgehead atoms. The van der Waals surface area contributed by atoms with Crippen LogP contribution in [-0.4, -0.2) is 6.61 Å². The first-order valence-electron chi connectivity index (χ1n) is 5.27. The van der Waals surface area contributed by atoms with Crippen LogP contribution in [0.4, 0.5) is 0 Å². The number of allylic oxidation sites excluding steroid dienone is 3. The van der Waals surface area contributed by atoms with Crippen molar-refractivity contribution in [3.8, 4) is 5.75 Å². The summed E-state index contributed by atoms with van der Waals surface area (Å²) in [5.41, 5.74) is 1.26. The average Bonchev–Trinajstić information content (AvgIpc) is 2.29. The zero-order valence-corrected chi connectivity index (χ0v) is 9.23. The van der Waals surface area contributed by atoms with Crippen molar-refractivity contribution in [3.63, 3.8) is 0 Å². The highest BCUT2D eigenvalue weighted by atomic mass is 16.5. The summed E-state index contributed by atoms with van der Waals surface area (Å²) in [4.78, 5) is 0. The second kappa shape index (κ2) is 3.93. The summed E-state index contributed by atoms with van der Waals surface area (Å²) in [6.45, 7) is 5.03. The summed E-state index contributed by atoms with van der Waals surface area (Å²) < 4.78 is 5.72. The number of rotatable bonds is 0. The van der Waals surface area contributed by atoms with Crippen LogP contribution in [0.15, 0.2) is 48.6 Å². The lowest BCUT2D eigenvalue weighted by molar-refractivity contribution is 0.354. The van der Waals surface area contributed by atoms with E-state index in [0.717, 1.165) is 5.75 Å². The fraction of sp³-hybridized carbons (Fsp3) is 0.286. The van der Waals surface area contributed by atoms with Gasteiger partial charge in [-0.1, -0.05) is 50.3 Å². The minimum Gasteiger partial charge on any atom is -0.489 e. The van der Waals surface area contributed by atoms with E-state index in [1.54, 1.807) is 0 Å². The van der Waals surface area contributed by atoms with Gasteiger partial charge in [-0.15, -0.1) is 0 Å². The molecule has 1 aromatic rings. The van der Waals surface area contributed by atoms with Gasteiger partial charge in [0.1, 0.15) is 12.4 Å². The Bertz CT molecular complexity index is 400. The van der Waals surface area contributed by atoms with Crippen LogP contribution in [0.1, 0.15) is 19.4 Å². The lowest BCUT2D eigenvalue weighted by Crippen LogP contribution is -2.14. The smallest absolute Gasteiger partial charge is 0.123 e. The Morgan fingerprint density at radius 1 is 1.13 bits per heavy atom. The van der Waals surface area contributed by atoms with Gasteiger partial charge in [0.15, 0.2) is 0 Å². The Hall–Kier alpha value is -1.50. The predicted octanol–water partition coefficient (Wildman–Crippen LogP) is 3.47. The number of hydrogen-bond donors (Lipinski definition) is 0. The van der Waals surface area contributed by atoms with Crippen molar-refractivity contribution < 1.29 is 4.74 Å². The molecule has 78 valence electrons. The molecule has 1 aliphatic rings. The molecule has 1 aliphatic heterocycles.